The summed E-state index contributed by atoms with van der Waals surface area (Å²) in [5.41, 5.74) is 1.11. The van der Waals surface area contributed by atoms with Crippen LogP contribution in [-0.2, 0) is 28.4 Å². The molecule has 0 bridgehead atoms. The Morgan fingerprint density at radius 1 is 0.412 bits per heavy atom. The van der Waals surface area contributed by atoms with Gasteiger partial charge in [-0.25, -0.2) is 0 Å². The molecule has 0 aliphatic carbocycles. The van der Waals surface area contributed by atoms with Gasteiger partial charge in [-0.05, 0) is 73.0 Å². The largest absolute Gasteiger partial charge is 0.462 e. The fourth-order valence-electron chi connectivity index (χ4n) is 7.51. The van der Waals surface area contributed by atoms with Gasteiger partial charge in [-0.1, -0.05) is 0 Å². The normalized spacial score (nSPS) is 38.5. The van der Waals surface area contributed by atoms with Crippen LogP contribution in [0.4, 0.5) is 11.4 Å². The van der Waals surface area contributed by atoms with Crippen LogP contribution in [0.1, 0.15) is 0 Å². The SMILES string of the molecule is OC[C@H]1O[C@@H](O[C@H]2[C@H](O)[C@@H](O)[C@H](Oc3ccc(NC(=S)NCCNC(=S)Nc4ccc(O[C@@H]5O[C@H](CO)[C@@H](O[C@@H]6O[C@H](CO)[C@H](O)[C@H](O)[C@H]6O)[C@H](O)[C@H]5O)cc4)cc3)O[C@@H]2CO)[C@H](O)[C@@H](O)[C@H]1O. The van der Waals surface area contributed by atoms with Crippen molar-refractivity contribution in [1.29, 1.82) is 0 Å². The molecule has 6 rings (SSSR count). The van der Waals surface area contributed by atoms with Gasteiger partial charge >= 0.3 is 0 Å². The van der Waals surface area contributed by atoms with Gasteiger partial charge in [0.05, 0.1) is 26.4 Å². The first-order valence-electron chi connectivity index (χ1n) is 21.3. The van der Waals surface area contributed by atoms with Crippen molar-refractivity contribution >= 4 is 46.0 Å². The number of hydrogen-bond acceptors (Lipinski definition) is 24. The van der Waals surface area contributed by atoms with E-state index in [1.807, 2.05) is 0 Å². The fraction of sp³-hybridized carbons (Fsp3) is 0.650. The predicted molar refractivity (Wildman–Crippen MR) is 235 cm³/mol. The molecule has 4 fully saturated rings. The van der Waals surface area contributed by atoms with E-state index >= 15 is 0 Å². The summed E-state index contributed by atoms with van der Waals surface area (Å²) in [5.74, 6) is 0.407. The Balaban J connectivity index is 0.889. The highest BCUT2D eigenvalue weighted by molar-refractivity contribution is 7.80. The van der Waals surface area contributed by atoms with Crippen molar-refractivity contribution < 1.29 is 109 Å². The lowest BCUT2D eigenvalue weighted by molar-refractivity contribution is -0.352. The van der Waals surface area contributed by atoms with Gasteiger partial charge in [-0.2, -0.15) is 0 Å². The molecule has 4 aliphatic rings. The van der Waals surface area contributed by atoms with Crippen molar-refractivity contribution in [2.45, 2.75) is 123 Å². The number of rotatable bonds is 17. The van der Waals surface area contributed by atoms with Crippen LogP contribution in [0.25, 0.3) is 0 Å². The van der Waals surface area contributed by atoms with E-state index in [9.17, 15) is 71.5 Å². The second kappa shape index (κ2) is 24.6. The van der Waals surface area contributed by atoms with Crippen LogP contribution in [0.3, 0.4) is 0 Å². The van der Waals surface area contributed by atoms with Crippen molar-refractivity contribution in [3.8, 4) is 11.5 Å². The van der Waals surface area contributed by atoms with Gasteiger partial charge in [-0.3, -0.25) is 0 Å². The summed E-state index contributed by atoms with van der Waals surface area (Å²) in [6, 6.07) is 12.5. The first kappa shape index (κ1) is 54.0. The van der Waals surface area contributed by atoms with Crippen LogP contribution in [0.5, 0.6) is 11.5 Å². The summed E-state index contributed by atoms with van der Waals surface area (Å²) in [7, 11) is 0. The van der Waals surface area contributed by atoms with Gasteiger partial charge in [0.15, 0.2) is 22.8 Å². The molecule has 4 heterocycles. The first-order chi connectivity index (χ1) is 32.5. The van der Waals surface area contributed by atoms with Crippen LogP contribution in [0, 0.1) is 0 Å². The Morgan fingerprint density at radius 3 is 1.04 bits per heavy atom. The number of aliphatic hydroxyl groups is 14. The third-order valence-corrected chi connectivity index (χ3v) is 11.8. The summed E-state index contributed by atoms with van der Waals surface area (Å²) in [6.07, 6.45) is -31.8. The lowest BCUT2D eigenvalue weighted by atomic mass is 9.97. The third-order valence-electron chi connectivity index (χ3n) is 11.3. The van der Waals surface area contributed by atoms with Crippen molar-refractivity contribution in [2.24, 2.45) is 0 Å². The topological polar surface area (TPSA) is 405 Å². The average molecular weight is 1010 g/mol. The maximum Gasteiger partial charge on any atom is 0.229 e. The molecule has 4 saturated heterocycles. The minimum absolute atomic E-state index is 0.204. The Bertz CT molecular complexity index is 1760. The van der Waals surface area contributed by atoms with E-state index in [4.69, 9.17) is 62.3 Å². The molecule has 20 atom stereocenters. The van der Waals surface area contributed by atoms with Crippen molar-refractivity contribution in [1.82, 2.24) is 10.6 Å². The molecular formula is C40H58N4O22S2. The van der Waals surface area contributed by atoms with E-state index in [1.165, 1.54) is 24.3 Å². The Hall–Kier alpha value is -3.38. The minimum atomic E-state index is -1.80. The standard InChI is InChI=1S/C40H58N4O22S2/c45-11-19-23(49)25(51)29(55)37(61-19)65-33-21(13-47)63-35(31(57)27(33)53)59-17-5-1-15(2-6-17)43-39(67)41-9-10-42-40(68)44-16-3-7-18(8-4-16)60-36-32(58)28(54)34(22(14-48)64-36)66-38-30(56)26(52)24(50)20(12-46)62-38/h1-8,19-38,45-58H,9-14H2,(H2,41,43,67)(H2,42,44,68)/t19-,20-,21-,22-,23+,24+,25+,26+,27-,28-,29-,30-,31-,32-,33-,34-,35-,36-,37+,38+/m1/s1. The molecule has 0 aromatic heterocycles. The zero-order chi connectivity index (χ0) is 49.4. The van der Waals surface area contributed by atoms with Crippen LogP contribution in [0.2, 0.25) is 0 Å². The summed E-state index contributed by atoms with van der Waals surface area (Å²) in [6.45, 7) is -2.21. The molecule has 68 heavy (non-hydrogen) atoms. The highest BCUT2D eigenvalue weighted by Gasteiger charge is 2.53. The summed E-state index contributed by atoms with van der Waals surface area (Å²) >= 11 is 10.8. The van der Waals surface area contributed by atoms with Crippen LogP contribution in [0.15, 0.2) is 48.5 Å². The number of anilines is 2. The van der Waals surface area contributed by atoms with E-state index in [2.05, 4.69) is 21.3 Å². The molecule has 0 unspecified atom stereocenters. The molecule has 2 aromatic rings. The molecule has 0 spiro atoms. The number of benzene rings is 2. The van der Waals surface area contributed by atoms with Gasteiger partial charge in [-0.15, -0.1) is 0 Å². The molecule has 0 amide bonds. The fourth-order valence-corrected chi connectivity index (χ4v) is 7.95. The van der Waals surface area contributed by atoms with Crippen molar-refractivity contribution in [3.63, 3.8) is 0 Å². The maximum atomic E-state index is 10.9. The van der Waals surface area contributed by atoms with E-state index in [-0.39, 0.29) is 21.7 Å². The highest BCUT2D eigenvalue weighted by Crippen LogP contribution is 2.33. The molecule has 0 radical (unpaired) electrons. The lowest BCUT2D eigenvalue weighted by Crippen LogP contribution is -2.65. The van der Waals surface area contributed by atoms with Crippen molar-refractivity contribution in [2.75, 3.05) is 50.2 Å². The quantitative estimate of drug-likeness (QED) is 0.0517. The molecule has 382 valence electrons. The van der Waals surface area contributed by atoms with E-state index in [1.54, 1.807) is 24.3 Å². The second-order valence-electron chi connectivity index (χ2n) is 16.1. The van der Waals surface area contributed by atoms with E-state index in [0.29, 0.717) is 24.5 Å². The van der Waals surface area contributed by atoms with E-state index in [0.717, 1.165) is 0 Å². The third kappa shape index (κ3) is 12.9. The molecular weight excluding hydrogens is 953 g/mol. The second-order valence-corrected chi connectivity index (χ2v) is 16.9. The predicted octanol–water partition coefficient (Wildman–Crippen LogP) is -7.03. The zero-order valence-electron chi connectivity index (χ0n) is 35.8. The molecule has 28 heteroatoms. The van der Waals surface area contributed by atoms with Gasteiger partial charge in [0.2, 0.25) is 12.6 Å². The van der Waals surface area contributed by atoms with Gasteiger partial charge in [0.1, 0.15) is 109 Å². The molecule has 0 saturated carbocycles. The Kier molecular flexibility index (Phi) is 19.6. The van der Waals surface area contributed by atoms with Crippen LogP contribution >= 0.6 is 24.4 Å². The molecule has 18 N–H and O–H groups in total. The number of aliphatic hydroxyl groups excluding tert-OH is 14. The lowest BCUT2D eigenvalue weighted by Gasteiger charge is -2.45. The Morgan fingerprint density at radius 2 is 0.721 bits per heavy atom. The van der Waals surface area contributed by atoms with Gasteiger partial charge < -0.3 is 131 Å². The van der Waals surface area contributed by atoms with Gasteiger partial charge in [0, 0.05) is 24.5 Å². The van der Waals surface area contributed by atoms with Crippen molar-refractivity contribution in [3.05, 3.63) is 48.5 Å². The molecule has 2 aromatic carbocycles. The molecule has 4 aliphatic heterocycles. The molecule has 26 nitrogen and oxygen atoms in total. The van der Waals surface area contributed by atoms with Crippen LogP contribution in [-0.4, -0.2) is 244 Å². The highest BCUT2D eigenvalue weighted by atomic mass is 32.1. The van der Waals surface area contributed by atoms with Crippen LogP contribution < -0.4 is 30.7 Å². The minimum Gasteiger partial charge on any atom is -0.462 e. The van der Waals surface area contributed by atoms with Gasteiger partial charge in [0.25, 0.3) is 0 Å². The monoisotopic (exact) mass is 1010 g/mol. The summed E-state index contributed by atoms with van der Waals surface area (Å²) < 4.78 is 44.6. The zero-order valence-corrected chi connectivity index (χ0v) is 37.4. The first-order valence-corrected chi connectivity index (χ1v) is 22.1. The number of ether oxygens (including phenoxy) is 8. The number of thiocarbonyl (C=S) groups is 2. The summed E-state index contributed by atoms with van der Waals surface area (Å²) in [4.78, 5) is 0. The maximum absolute atomic E-state index is 10.9. The van der Waals surface area contributed by atoms with E-state index < -0.39 is 149 Å². The number of hydrogen-bond donors (Lipinski definition) is 18. The smallest absolute Gasteiger partial charge is 0.229 e. The average Bonchev–Trinajstić information content (AvgIpc) is 3.33. The number of nitrogens with one attached hydrogen (secondary N) is 4. The summed E-state index contributed by atoms with van der Waals surface area (Å²) in [5, 5.41) is 156. The Labute approximate surface area is 398 Å².